The molecule has 1 atom stereocenters. The second-order valence-electron chi connectivity index (χ2n) is 6.09. The lowest BCUT2D eigenvalue weighted by molar-refractivity contribution is 0.221. The van der Waals surface area contributed by atoms with Crippen LogP contribution in [-0.4, -0.2) is 7.05 Å². The molecule has 1 heterocycles. The van der Waals surface area contributed by atoms with E-state index in [9.17, 15) is 4.39 Å². The van der Waals surface area contributed by atoms with E-state index in [1.165, 1.54) is 31.7 Å². The van der Waals surface area contributed by atoms with Gasteiger partial charge in [0.1, 0.15) is 5.76 Å². The minimum absolute atomic E-state index is 0.189. The highest BCUT2D eigenvalue weighted by atomic mass is 19.1. The van der Waals surface area contributed by atoms with Gasteiger partial charge in [0, 0.05) is 5.39 Å². The highest BCUT2D eigenvalue weighted by Crippen LogP contribution is 2.38. The monoisotopic (exact) mass is 275 g/mol. The van der Waals surface area contributed by atoms with Crippen LogP contribution in [0, 0.1) is 17.7 Å². The Hall–Kier alpha value is -1.35. The Morgan fingerprint density at radius 3 is 2.65 bits per heavy atom. The van der Waals surface area contributed by atoms with E-state index in [0.717, 1.165) is 17.1 Å². The third kappa shape index (κ3) is 2.47. The first-order valence-electron chi connectivity index (χ1n) is 7.54. The number of furan rings is 1. The molecule has 0 amide bonds. The summed E-state index contributed by atoms with van der Waals surface area (Å²) in [7, 11) is 1.96. The zero-order valence-electron chi connectivity index (χ0n) is 12.2. The van der Waals surface area contributed by atoms with E-state index in [1.54, 1.807) is 6.07 Å². The van der Waals surface area contributed by atoms with Crippen LogP contribution >= 0.6 is 0 Å². The number of hydrogen-bond donors (Lipinski definition) is 1. The zero-order chi connectivity index (χ0) is 14.1. The maximum absolute atomic E-state index is 13.7. The summed E-state index contributed by atoms with van der Waals surface area (Å²) in [5, 5.41) is 4.22. The van der Waals surface area contributed by atoms with Gasteiger partial charge in [-0.3, -0.25) is 0 Å². The maximum atomic E-state index is 13.7. The molecular weight excluding hydrogens is 253 g/mol. The lowest BCUT2D eigenvalue weighted by atomic mass is 9.78. The van der Waals surface area contributed by atoms with Gasteiger partial charge < -0.3 is 9.73 Å². The molecule has 1 saturated carbocycles. The molecule has 0 radical (unpaired) electrons. The lowest BCUT2D eigenvalue weighted by Gasteiger charge is -2.31. The number of para-hydroxylation sites is 1. The highest BCUT2D eigenvalue weighted by molar-refractivity contribution is 5.78. The predicted octanol–water partition coefficient (Wildman–Crippen LogP) is 4.66. The largest absolute Gasteiger partial charge is 0.456 e. The normalized spacial score (nSPS) is 24.9. The third-order valence-corrected chi connectivity index (χ3v) is 4.66. The fourth-order valence-electron chi connectivity index (χ4n) is 3.43. The molecule has 2 aromatic rings. The molecule has 0 aliphatic heterocycles. The summed E-state index contributed by atoms with van der Waals surface area (Å²) in [5.41, 5.74) is 0.381. The average Bonchev–Trinajstić information content (AvgIpc) is 2.87. The van der Waals surface area contributed by atoms with E-state index < -0.39 is 0 Å². The van der Waals surface area contributed by atoms with Crippen molar-refractivity contribution in [2.24, 2.45) is 11.8 Å². The minimum Gasteiger partial charge on any atom is -0.456 e. The summed E-state index contributed by atoms with van der Waals surface area (Å²) < 4.78 is 19.5. The van der Waals surface area contributed by atoms with Crippen molar-refractivity contribution >= 4 is 11.0 Å². The van der Waals surface area contributed by atoms with Gasteiger partial charge in [0.05, 0.1) is 6.04 Å². The maximum Gasteiger partial charge on any atom is 0.169 e. The van der Waals surface area contributed by atoms with E-state index in [1.807, 2.05) is 19.2 Å². The van der Waals surface area contributed by atoms with Crippen molar-refractivity contribution in [2.75, 3.05) is 7.05 Å². The van der Waals surface area contributed by atoms with Crippen LogP contribution in [0.15, 0.2) is 28.7 Å². The number of nitrogens with one attached hydrogen (secondary N) is 1. The van der Waals surface area contributed by atoms with Gasteiger partial charge in [-0.05, 0) is 43.9 Å². The quantitative estimate of drug-likeness (QED) is 0.881. The molecule has 108 valence electrons. The topological polar surface area (TPSA) is 25.2 Å². The molecular formula is C17H22FNO. The van der Waals surface area contributed by atoms with Crippen molar-refractivity contribution in [2.45, 2.75) is 38.6 Å². The molecule has 0 spiro atoms. The van der Waals surface area contributed by atoms with Crippen molar-refractivity contribution in [3.05, 3.63) is 35.8 Å². The first-order valence-corrected chi connectivity index (χ1v) is 7.54. The van der Waals surface area contributed by atoms with E-state index in [0.29, 0.717) is 11.5 Å². The van der Waals surface area contributed by atoms with Crippen LogP contribution in [0.5, 0.6) is 0 Å². The average molecular weight is 275 g/mol. The Balaban J connectivity index is 1.89. The van der Waals surface area contributed by atoms with Crippen molar-refractivity contribution < 1.29 is 8.81 Å². The Kier molecular flexibility index (Phi) is 3.79. The lowest BCUT2D eigenvalue weighted by Crippen LogP contribution is -2.28. The molecule has 1 N–H and O–H groups in total. The summed E-state index contributed by atoms with van der Waals surface area (Å²) >= 11 is 0. The van der Waals surface area contributed by atoms with Crippen LogP contribution < -0.4 is 5.32 Å². The van der Waals surface area contributed by atoms with Crippen LogP contribution in [0.3, 0.4) is 0 Å². The number of hydrogen-bond acceptors (Lipinski definition) is 2. The Morgan fingerprint density at radius 2 is 2.00 bits per heavy atom. The van der Waals surface area contributed by atoms with E-state index in [2.05, 4.69) is 12.2 Å². The molecule has 1 aliphatic carbocycles. The van der Waals surface area contributed by atoms with Crippen molar-refractivity contribution in [3.63, 3.8) is 0 Å². The van der Waals surface area contributed by atoms with E-state index >= 15 is 0 Å². The van der Waals surface area contributed by atoms with Crippen LogP contribution in [0.25, 0.3) is 11.0 Å². The van der Waals surface area contributed by atoms with Gasteiger partial charge in [-0.25, -0.2) is 4.39 Å². The molecule has 1 aromatic heterocycles. The third-order valence-electron chi connectivity index (χ3n) is 4.66. The molecule has 3 rings (SSSR count). The molecule has 1 aromatic carbocycles. The fourth-order valence-corrected chi connectivity index (χ4v) is 3.43. The van der Waals surface area contributed by atoms with Gasteiger partial charge in [0.2, 0.25) is 0 Å². The van der Waals surface area contributed by atoms with E-state index in [4.69, 9.17) is 4.42 Å². The molecule has 3 heteroatoms. The molecule has 0 saturated heterocycles. The SMILES string of the molecule is CNC(c1cc2cccc(F)c2o1)C1CCC(C)CC1. The summed E-state index contributed by atoms with van der Waals surface area (Å²) in [6.07, 6.45) is 4.98. The van der Waals surface area contributed by atoms with Gasteiger partial charge in [0.25, 0.3) is 0 Å². The first-order chi connectivity index (χ1) is 9.69. The predicted molar refractivity (Wildman–Crippen MR) is 79.1 cm³/mol. The van der Waals surface area contributed by atoms with Gasteiger partial charge in [-0.1, -0.05) is 31.9 Å². The molecule has 20 heavy (non-hydrogen) atoms. The second-order valence-corrected chi connectivity index (χ2v) is 6.09. The van der Waals surface area contributed by atoms with Crippen LogP contribution in [0.1, 0.15) is 44.4 Å². The van der Waals surface area contributed by atoms with Gasteiger partial charge in [-0.15, -0.1) is 0 Å². The van der Waals surface area contributed by atoms with Crippen molar-refractivity contribution in [3.8, 4) is 0 Å². The summed E-state index contributed by atoms with van der Waals surface area (Å²) in [4.78, 5) is 0. The van der Waals surface area contributed by atoms with Crippen LogP contribution in [0.2, 0.25) is 0 Å². The Morgan fingerprint density at radius 1 is 1.25 bits per heavy atom. The molecule has 1 fully saturated rings. The number of fused-ring (bicyclic) bond motifs is 1. The second kappa shape index (κ2) is 5.57. The van der Waals surface area contributed by atoms with Crippen molar-refractivity contribution in [1.29, 1.82) is 0 Å². The minimum atomic E-state index is -0.277. The fraction of sp³-hybridized carbons (Fsp3) is 0.529. The highest BCUT2D eigenvalue weighted by Gasteiger charge is 2.28. The Labute approximate surface area is 119 Å². The summed E-state index contributed by atoms with van der Waals surface area (Å²) in [5.74, 6) is 2.00. The molecule has 0 bridgehead atoms. The molecule has 1 unspecified atom stereocenters. The first kappa shape index (κ1) is 13.6. The van der Waals surface area contributed by atoms with Crippen LogP contribution in [-0.2, 0) is 0 Å². The van der Waals surface area contributed by atoms with Crippen LogP contribution in [0.4, 0.5) is 4.39 Å². The number of rotatable bonds is 3. The van der Waals surface area contributed by atoms with Crippen molar-refractivity contribution in [1.82, 2.24) is 5.32 Å². The zero-order valence-corrected chi connectivity index (χ0v) is 12.2. The number of benzene rings is 1. The molecule has 2 nitrogen and oxygen atoms in total. The molecule has 1 aliphatic rings. The summed E-state index contributed by atoms with van der Waals surface area (Å²) in [6.45, 7) is 2.32. The van der Waals surface area contributed by atoms with Gasteiger partial charge >= 0.3 is 0 Å². The Bertz CT molecular complexity index is 584. The summed E-state index contributed by atoms with van der Waals surface area (Å²) in [6, 6.07) is 7.26. The smallest absolute Gasteiger partial charge is 0.169 e. The number of halogens is 1. The van der Waals surface area contributed by atoms with Gasteiger partial charge in [0.15, 0.2) is 11.4 Å². The standard InChI is InChI=1S/C17H22FNO/c1-11-6-8-12(9-7-11)16(19-2)15-10-13-4-3-5-14(18)17(13)20-15/h3-5,10-12,16,19H,6-9H2,1-2H3. The van der Waals surface area contributed by atoms with E-state index in [-0.39, 0.29) is 11.9 Å². The van der Waals surface area contributed by atoms with Gasteiger partial charge in [-0.2, -0.15) is 0 Å².